The summed E-state index contributed by atoms with van der Waals surface area (Å²) in [6.45, 7) is 2.02. The molecule has 1 heterocycles. The number of esters is 1. The van der Waals surface area contributed by atoms with Gasteiger partial charge in [-0.3, -0.25) is 4.79 Å². The third kappa shape index (κ3) is 5.19. The third-order valence-electron chi connectivity index (χ3n) is 3.42. The van der Waals surface area contributed by atoms with Gasteiger partial charge in [-0.05, 0) is 30.5 Å². The lowest BCUT2D eigenvalue weighted by Crippen LogP contribution is -2.39. The van der Waals surface area contributed by atoms with Crippen molar-refractivity contribution >= 4 is 36.5 Å². The van der Waals surface area contributed by atoms with Crippen LogP contribution in [0.1, 0.15) is 18.4 Å². The van der Waals surface area contributed by atoms with Crippen LogP contribution in [0.2, 0.25) is 0 Å². The van der Waals surface area contributed by atoms with Gasteiger partial charge in [0.1, 0.15) is 0 Å². The van der Waals surface area contributed by atoms with Crippen LogP contribution in [0.15, 0.2) is 24.3 Å². The van der Waals surface area contributed by atoms with Crippen LogP contribution in [-0.4, -0.2) is 32.2 Å². The van der Waals surface area contributed by atoms with Crippen LogP contribution in [0.25, 0.3) is 0 Å². The Hall–Kier alpha value is -0.970. The molecule has 0 bridgehead atoms. The maximum absolute atomic E-state index is 11.2. The largest absolute Gasteiger partial charge is 0.469 e. The van der Waals surface area contributed by atoms with Crippen molar-refractivity contribution in [1.29, 1.82) is 0 Å². The lowest BCUT2D eigenvalue weighted by molar-refractivity contribution is -0.139. The molecule has 1 aromatic carbocycles. The standard InChI is InChI=1S/C14H20N2O2.2ClH/c1-18-14(17)10-11-2-4-13(5-3-11)16-8-6-12(15)7-9-16;;/h2-5,12H,6-10,15H2,1H3;2*1H. The normalized spacial score (nSPS) is 15.0. The molecule has 0 atom stereocenters. The number of hydrogen-bond acceptors (Lipinski definition) is 4. The number of methoxy groups -OCH3 is 1. The van der Waals surface area contributed by atoms with Gasteiger partial charge in [0.2, 0.25) is 0 Å². The Balaban J connectivity index is 0.00000180. The van der Waals surface area contributed by atoms with Gasteiger partial charge in [0.05, 0.1) is 13.5 Å². The minimum atomic E-state index is -0.202. The summed E-state index contributed by atoms with van der Waals surface area (Å²) in [5.41, 5.74) is 8.08. The van der Waals surface area contributed by atoms with E-state index in [9.17, 15) is 4.79 Å². The van der Waals surface area contributed by atoms with Crippen molar-refractivity contribution in [2.24, 2.45) is 5.73 Å². The first-order chi connectivity index (χ1) is 8.69. The number of ether oxygens (including phenoxy) is 1. The molecule has 1 aliphatic rings. The number of carbonyl (C=O) groups is 1. The van der Waals surface area contributed by atoms with Gasteiger partial charge in [-0.25, -0.2) is 0 Å². The quantitative estimate of drug-likeness (QED) is 0.867. The molecule has 2 rings (SSSR count). The fraction of sp³-hybridized carbons (Fsp3) is 0.500. The fourth-order valence-corrected chi connectivity index (χ4v) is 2.22. The smallest absolute Gasteiger partial charge is 0.309 e. The van der Waals surface area contributed by atoms with Gasteiger partial charge >= 0.3 is 5.97 Å². The summed E-state index contributed by atoms with van der Waals surface area (Å²) >= 11 is 0. The van der Waals surface area contributed by atoms with Crippen molar-refractivity contribution in [1.82, 2.24) is 0 Å². The fourth-order valence-electron chi connectivity index (χ4n) is 2.22. The zero-order chi connectivity index (χ0) is 13.0. The van der Waals surface area contributed by atoms with E-state index in [4.69, 9.17) is 5.73 Å². The summed E-state index contributed by atoms with van der Waals surface area (Å²) < 4.78 is 4.65. The molecule has 1 aromatic rings. The first kappa shape index (κ1) is 19.0. The summed E-state index contributed by atoms with van der Waals surface area (Å²) in [4.78, 5) is 13.5. The Morgan fingerprint density at radius 3 is 2.30 bits per heavy atom. The van der Waals surface area contributed by atoms with Crippen LogP contribution in [0.4, 0.5) is 5.69 Å². The number of anilines is 1. The van der Waals surface area contributed by atoms with Crippen molar-refractivity contribution < 1.29 is 9.53 Å². The Kier molecular flexibility index (Phi) is 8.62. The molecule has 114 valence electrons. The van der Waals surface area contributed by atoms with E-state index < -0.39 is 0 Å². The predicted molar refractivity (Wildman–Crippen MR) is 86.1 cm³/mol. The number of carbonyl (C=O) groups excluding carboxylic acids is 1. The minimum Gasteiger partial charge on any atom is -0.469 e. The molecule has 0 unspecified atom stereocenters. The topological polar surface area (TPSA) is 55.6 Å². The van der Waals surface area contributed by atoms with Crippen LogP contribution in [-0.2, 0) is 16.0 Å². The first-order valence-electron chi connectivity index (χ1n) is 6.35. The monoisotopic (exact) mass is 320 g/mol. The van der Waals surface area contributed by atoms with Gasteiger partial charge in [0, 0.05) is 24.8 Å². The second kappa shape index (κ2) is 9.06. The van der Waals surface area contributed by atoms with Gasteiger partial charge in [-0.1, -0.05) is 12.1 Å². The Labute approximate surface area is 132 Å². The van der Waals surface area contributed by atoms with Gasteiger partial charge in [0.25, 0.3) is 0 Å². The van der Waals surface area contributed by atoms with Gasteiger partial charge in [0.15, 0.2) is 0 Å². The molecule has 0 spiro atoms. The highest BCUT2D eigenvalue weighted by atomic mass is 35.5. The van der Waals surface area contributed by atoms with Crippen LogP contribution in [0, 0.1) is 0 Å². The van der Waals surface area contributed by atoms with E-state index in [1.165, 1.54) is 12.8 Å². The van der Waals surface area contributed by atoms with E-state index in [1.807, 2.05) is 12.1 Å². The molecule has 0 radical (unpaired) electrons. The SMILES string of the molecule is COC(=O)Cc1ccc(N2CCC(N)CC2)cc1.Cl.Cl. The number of nitrogens with zero attached hydrogens (tertiary/aromatic N) is 1. The van der Waals surface area contributed by atoms with Crippen molar-refractivity contribution in [3.05, 3.63) is 29.8 Å². The van der Waals surface area contributed by atoms with Crippen molar-refractivity contribution in [3.8, 4) is 0 Å². The number of piperidine rings is 1. The average molecular weight is 321 g/mol. The first-order valence-corrected chi connectivity index (χ1v) is 6.35. The number of halogens is 2. The molecule has 1 aliphatic heterocycles. The molecule has 0 saturated carbocycles. The number of benzene rings is 1. The lowest BCUT2D eigenvalue weighted by atomic mass is 10.0. The van der Waals surface area contributed by atoms with Gasteiger partial charge < -0.3 is 15.4 Å². The second-order valence-corrected chi connectivity index (χ2v) is 4.74. The maximum atomic E-state index is 11.2. The predicted octanol–water partition coefficient (Wildman–Crippen LogP) is 2.17. The molecule has 20 heavy (non-hydrogen) atoms. The highest BCUT2D eigenvalue weighted by molar-refractivity contribution is 5.85. The highest BCUT2D eigenvalue weighted by Gasteiger charge is 2.16. The second-order valence-electron chi connectivity index (χ2n) is 4.74. The average Bonchev–Trinajstić information content (AvgIpc) is 2.40. The summed E-state index contributed by atoms with van der Waals surface area (Å²) in [6, 6.07) is 8.45. The molecule has 4 nitrogen and oxygen atoms in total. The van der Waals surface area contributed by atoms with Crippen molar-refractivity contribution in [2.75, 3.05) is 25.1 Å². The van der Waals surface area contributed by atoms with Gasteiger partial charge in [-0.15, -0.1) is 24.8 Å². The van der Waals surface area contributed by atoms with Crippen LogP contribution in [0.3, 0.4) is 0 Å². The minimum absolute atomic E-state index is 0. The Morgan fingerprint density at radius 1 is 1.25 bits per heavy atom. The highest BCUT2D eigenvalue weighted by Crippen LogP contribution is 2.20. The molecular formula is C14H22Cl2N2O2. The molecule has 6 heteroatoms. The van der Waals surface area contributed by atoms with Crippen molar-refractivity contribution in [3.63, 3.8) is 0 Å². The van der Waals surface area contributed by atoms with E-state index in [0.717, 1.165) is 31.5 Å². The Morgan fingerprint density at radius 2 is 1.80 bits per heavy atom. The molecular weight excluding hydrogens is 299 g/mol. The third-order valence-corrected chi connectivity index (χ3v) is 3.42. The Bertz CT molecular complexity index is 404. The van der Waals surface area contributed by atoms with Gasteiger partial charge in [-0.2, -0.15) is 0 Å². The zero-order valence-corrected chi connectivity index (χ0v) is 13.2. The maximum Gasteiger partial charge on any atom is 0.309 e. The molecule has 1 saturated heterocycles. The van der Waals surface area contributed by atoms with E-state index in [-0.39, 0.29) is 30.8 Å². The molecule has 2 N–H and O–H groups in total. The van der Waals surface area contributed by atoms with E-state index in [2.05, 4.69) is 21.8 Å². The van der Waals surface area contributed by atoms with Crippen LogP contribution in [0.5, 0.6) is 0 Å². The summed E-state index contributed by atoms with van der Waals surface area (Å²) in [5, 5.41) is 0. The number of rotatable bonds is 3. The zero-order valence-electron chi connectivity index (χ0n) is 11.6. The molecule has 0 aliphatic carbocycles. The van der Waals surface area contributed by atoms with Crippen LogP contribution >= 0.6 is 24.8 Å². The van der Waals surface area contributed by atoms with Crippen LogP contribution < -0.4 is 10.6 Å². The van der Waals surface area contributed by atoms with Crippen molar-refractivity contribution in [2.45, 2.75) is 25.3 Å². The number of nitrogens with two attached hydrogens (primary N) is 1. The summed E-state index contributed by atoms with van der Waals surface area (Å²) in [6.07, 6.45) is 2.43. The lowest BCUT2D eigenvalue weighted by Gasteiger charge is -2.32. The summed E-state index contributed by atoms with van der Waals surface area (Å²) in [5.74, 6) is -0.202. The molecule has 1 fully saturated rings. The molecule has 0 amide bonds. The summed E-state index contributed by atoms with van der Waals surface area (Å²) in [7, 11) is 1.41. The number of hydrogen-bond donors (Lipinski definition) is 1. The van der Waals surface area contributed by atoms with E-state index in [1.54, 1.807) is 0 Å². The molecule has 0 aromatic heterocycles. The van der Waals surface area contributed by atoms with E-state index in [0.29, 0.717) is 12.5 Å². The van der Waals surface area contributed by atoms with E-state index >= 15 is 0 Å².